The third kappa shape index (κ3) is 6.03. The van der Waals surface area contributed by atoms with Crippen molar-refractivity contribution in [3.05, 3.63) is 83.2 Å². The number of aromatic nitrogens is 4. The Kier molecular flexibility index (Phi) is 8.01. The van der Waals surface area contributed by atoms with Crippen LogP contribution in [0.1, 0.15) is 52.9 Å². The first kappa shape index (κ1) is 26.8. The number of allylic oxidation sites excluding steroid dienone is 2. The summed E-state index contributed by atoms with van der Waals surface area (Å²) in [5.41, 5.74) is 1.87. The van der Waals surface area contributed by atoms with Crippen molar-refractivity contribution >= 4 is 41.1 Å². The minimum atomic E-state index is -4.51. The molecule has 5 rings (SSSR count). The first-order chi connectivity index (χ1) is 17.3. The van der Waals surface area contributed by atoms with Crippen LogP contribution < -0.4 is 0 Å². The fourth-order valence-corrected chi connectivity index (χ4v) is 4.24. The molecule has 4 aromatic rings. The van der Waals surface area contributed by atoms with Crippen molar-refractivity contribution in [2.75, 3.05) is 0 Å². The maximum absolute atomic E-state index is 13.9. The second-order valence-electron chi connectivity index (χ2n) is 8.56. The molecule has 0 fully saturated rings. The van der Waals surface area contributed by atoms with E-state index in [-0.39, 0.29) is 58.1 Å². The molecule has 7 nitrogen and oxygen atoms in total. The van der Waals surface area contributed by atoms with Crippen LogP contribution in [0.5, 0.6) is 0 Å². The molecule has 1 aliphatic carbocycles. The molecular weight excluding hydrogens is 496 g/mol. The molecule has 37 heavy (non-hydrogen) atoms. The molecule has 1 N–H and O–H groups in total. The van der Waals surface area contributed by atoms with Gasteiger partial charge in [-0.15, -0.1) is 0 Å². The van der Waals surface area contributed by atoms with Crippen LogP contribution in [0.4, 0.5) is 13.2 Å². The van der Waals surface area contributed by atoms with E-state index >= 15 is 0 Å². The van der Waals surface area contributed by atoms with E-state index in [1.54, 1.807) is 24.4 Å². The van der Waals surface area contributed by atoms with E-state index in [1.165, 1.54) is 16.8 Å². The fourth-order valence-electron chi connectivity index (χ4n) is 4.24. The van der Waals surface area contributed by atoms with Gasteiger partial charge in [-0.05, 0) is 60.6 Å². The summed E-state index contributed by atoms with van der Waals surface area (Å²) in [6.45, 7) is 0.369. The Morgan fingerprint density at radius 3 is 2.46 bits per heavy atom. The third-order valence-electron chi connectivity index (χ3n) is 6.05. The fraction of sp³-hybridized carbons (Fsp3) is 0.231. The Balaban J connectivity index is 0.00000320. The zero-order chi connectivity index (χ0) is 25.3. The summed E-state index contributed by atoms with van der Waals surface area (Å²) in [4.78, 5) is 15.3. The number of hydrogen-bond donors (Lipinski definition) is 1. The molecule has 2 aromatic carbocycles. The number of benzene rings is 2. The number of carboxylic acids is 1. The van der Waals surface area contributed by atoms with Crippen molar-refractivity contribution in [3.63, 3.8) is 0 Å². The van der Waals surface area contributed by atoms with E-state index in [2.05, 4.69) is 15.2 Å². The van der Waals surface area contributed by atoms with Gasteiger partial charge in [-0.2, -0.15) is 23.3 Å². The van der Waals surface area contributed by atoms with Gasteiger partial charge in [-0.25, -0.2) is 4.79 Å². The number of rotatable bonds is 6. The standard InChI is InChI=1S/C26H21F3N4O3.Na.H/c27-26(28,29)21-14-19(10-11-20(21)17-4-2-1-3-5-17)24-30-23(32-36-24)18-8-6-16(7-9-18)15-33-13-12-22(31-33)25(34)35;;/h4,6-14H,1-3,5,15H2,(H,34,35);;. The summed E-state index contributed by atoms with van der Waals surface area (Å²) in [5.74, 6) is -0.849. The topological polar surface area (TPSA) is 94.0 Å². The van der Waals surface area contributed by atoms with Gasteiger partial charge in [0.25, 0.3) is 5.89 Å². The predicted molar refractivity (Wildman–Crippen MR) is 132 cm³/mol. The molecular formula is C26H22F3N4NaO3. The van der Waals surface area contributed by atoms with E-state index in [0.29, 0.717) is 18.5 Å². The summed E-state index contributed by atoms with van der Waals surface area (Å²) < 4.78 is 48.4. The van der Waals surface area contributed by atoms with Crippen molar-refractivity contribution in [3.8, 4) is 22.8 Å². The Bertz CT molecular complexity index is 1440. The summed E-state index contributed by atoms with van der Waals surface area (Å²) in [6, 6.07) is 12.7. The van der Waals surface area contributed by atoms with Crippen molar-refractivity contribution in [1.82, 2.24) is 19.9 Å². The van der Waals surface area contributed by atoms with Gasteiger partial charge in [-0.1, -0.05) is 41.6 Å². The van der Waals surface area contributed by atoms with Crippen molar-refractivity contribution in [2.45, 2.75) is 38.4 Å². The normalized spacial score (nSPS) is 13.6. The number of carboxylic acid groups (broad SMARTS) is 1. The van der Waals surface area contributed by atoms with Gasteiger partial charge >= 0.3 is 41.7 Å². The Morgan fingerprint density at radius 1 is 1.05 bits per heavy atom. The molecule has 0 saturated carbocycles. The molecule has 0 unspecified atom stereocenters. The number of hydrogen-bond acceptors (Lipinski definition) is 5. The number of carbonyl (C=O) groups is 1. The molecule has 1 aliphatic rings. The molecule has 11 heteroatoms. The summed E-state index contributed by atoms with van der Waals surface area (Å²) in [7, 11) is 0. The van der Waals surface area contributed by atoms with Crippen molar-refractivity contribution < 1.29 is 27.6 Å². The summed E-state index contributed by atoms with van der Waals surface area (Å²) in [6.07, 6.45) is 2.23. The van der Waals surface area contributed by atoms with Crippen molar-refractivity contribution in [1.29, 1.82) is 0 Å². The van der Waals surface area contributed by atoms with Crippen LogP contribution in [-0.2, 0) is 12.7 Å². The quantitative estimate of drug-likeness (QED) is 0.331. The molecule has 0 bridgehead atoms. The number of aromatic carboxylic acids is 1. The van der Waals surface area contributed by atoms with Gasteiger partial charge in [0, 0.05) is 17.3 Å². The molecule has 0 atom stereocenters. The maximum atomic E-state index is 13.9. The average molecular weight is 518 g/mol. The minimum absolute atomic E-state index is 0. The second-order valence-corrected chi connectivity index (χ2v) is 8.56. The van der Waals surface area contributed by atoms with Gasteiger partial charge in [0.05, 0.1) is 12.1 Å². The number of halogens is 3. The van der Waals surface area contributed by atoms with Crippen molar-refractivity contribution in [2.24, 2.45) is 0 Å². The molecule has 0 radical (unpaired) electrons. The number of nitrogens with zero attached hydrogens (tertiary/aromatic N) is 4. The number of alkyl halides is 3. The molecule has 2 heterocycles. The second kappa shape index (κ2) is 11.0. The van der Waals surface area contributed by atoms with E-state index in [4.69, 9.17) is 9.63 Å². The third-order valence-corrected chi connectivity index (χ3v) is 6.05. The van der Waals surface area contributed by atoms with Gasteiger partial charge < -0.3 is 9.63 Å². The SMILES string of the molecule is O=C(O)c1ccn(Cc2ccc(-c3noc(-c4ccc(C5=CCCCC5)c(C(F)(F)F)c4)n3)cc2)n1.[NaH]. The zero-order valence-corrected chi connectivity index (χ0v) is 19.0. The van der Waals surface area contributed by atoms with E-state index in [9.17, 15) is 18.0 Å². The van der Waals surface area contributed by atoms with Gasteiger partial charge in [-0.3, -0.25) is 4.68 Å². The van der Waals surface area contributed by atoms with E-state index < -0.39 is 17.7 Å². The first-order valence-electron chi connectivity index (χ1n) is 11.4. The molecule has 186 valence electrons. The van der Waals surface area contributed by atoms with Crippen LogP contribution in [-0.4, -0.2) is 60.6 Å². The van der Waals surface area contributed by atoms with E-state index in [1.807, 2.05) is 18.2 Å². The summed E-state index contributed by atoms with van der Waals surface area (Å²) >= 11 is 0. The Labute approximate surface area is 232 Å². The summed E-state index contributed by atoms with van der Waals surface area (Å²) in [5, 5.41) is 16.9. The van der Waals surface area contributed by atoms with Crippen LogP contribution in [0.25, 0.3) is 28.4 Å². The Hall–Kier alpha value is -3.21. The van der Waals surface area contributed by atoms with Crippen LogP contribution in [0.3, 0.4) is 0 Å². The molecule has 0 amide bonds. The van der Waals surface area contributed by atoms with Crippen LogP contribution >= 0.6 is 0 Å². The van der Waals surface area contributed by atoms with Crippen LogP contribution in [0.2, 0.25) is 0 Å². The predicted octanol–water partition coefficient (Wildman–Crippen LogP) is 5.67. The van der Waals surface area contributed by atoms with Crippen LogP contribution in [0.15, 0.2) is 65.3 Å². The molecule has 0 spiro atoms. The Morgan fingerprint density at radius 2 is 1.81 bits per heavy atom. The zero-order valence-electron chi connectivity index (χ0n) is 19.0. The van der Waals surface area contributed by atoms with Gasteiger partial charge in [0.15, 0.2) is 5.69 Å². The molecule has 0 saturated heterocycles. The van der Waals surface area contributed by atoms with Crippen LogP contribution in [0, 0.1) is 0 Å². The van der Waals surface area contributed by atoms with Gasteiger partial charge in [0.1, 0.15) is 0 Å². The monoisotopic (exact) mass is 518 g/mol. The molecule has 0 aliphatic heterocycles. The van der Waals surface area contributed by atoms with Gasteiger partial charge in [0.2, 0.25) is 5.82 Å². The average Bonchev–Trinajstić information content (AvgIpc) is 3.55. The first-order valence-corrected chi connectivity index (χ1v) is 11.4. The molecule has 2 aromatic heterocycles. The van der Waals surface area contributed by atoms with E-state index in [0.717, 1.165) is 36.5 Å².